The first-order chi connectivity index (χ1) is 9.70. The standard InChI is InChI=1S/C18H15NO/c1-11(2)16-14-9-5-6-10-15(14)19-17(16)12-7-3-4-8-13(12)18(19)20/h3-11H,1-2H3. The SMILES string of the molecule is CC(C)c1c2n(c3ccccc13)C(=O)c1ccccc1-2. The van der Waals surface area contributed by atoms with Crippen LogP contribution in [0.25, 0.3) is 22.2 Å². The van der Waals surface area contributed by atoms with Crippen LogP contribution in [-0.2, 0) is 0 Å². The minimum Gasteiger partial charge on any atom is -0.275 e. The molecule has 0 unspecified atom stereocenters. The van der Waals surface area contributed by atoms with Crippen LogP contribution in [0.1, 0.15) is 35.7 Å². The molecule has 0 spiro atoms. The number of aromatic nitrogens is 1. The molecule has 0 aliphatic carbocycles. The van der Waals surface area contributed by atoms with Gasteiger partial charge < -0.3 is 0 Å². The fourth-order valence-corrected chi connectivity index (χ4v) is 3.32. The van der Waals surface area contributed by atoms with Gasteiger partial charge in [0.25, 0.3) is 5.91 Å². The van der Waals surface area contributed by atoms with Gasteiger partial charge in [0.15, 0.2) is 0 Å². The second kappa shape index (κ2) is 3.83. The molecular weight excluding hydrogens is 246 g/mol. The Balaban J connectivity index is 2.23. The van der Waals surface area contributed by atoms with Gasteiger partial charge in [0.05, 0.1) is 11.2 Å². The number of fused-ring (bicyclic) bond motifs is 5. The highest BCUT2D eigenvalue weighted by Crippen LogP contribution is 2.43. The summed E-state index contributed by atoms with van der Waals surface area (Å²) in [5.74, 6) is 0.480. The number of carbonyl (C=O) groups excluding carboxylic acids is 1. The Kier molecular flexibility index (Phi) is 2.19. The van der Waals surface area contributed by atoms with Crippen LogP contribution in [0.15, 0.2) is 48.5 Å². The summed E-state index contributed by atoms with van der Waals surface area (Å²) < 4.78 is 1.88. The first-order valence-electron chi connectivity index (χ1n) is 6.97. The van der Waals surface area contributed by atoms with Gasteiger partial charge in [-0.05, 0) is 23.6 Å². The van der Waals surface area contributed by atoms with Gasteiger partial charge in [-0.25, -0.2) is 0 Å². The van der Waals surface area contributed by atoms with Gasteiger partial charge in [0.2, 0.25) is 0 Å². The highest BCUT2D eigenvalue weighted by molar-refractivity contribution is 6.16. The molecule has 2 aromatic carbocycles. The lowest BCUT2D eigenvalue weighted by Crippen LogP contribution is -2.05. The van der Waals surface area contributed by atoms with E-state index >= 15 is 0 Å². The second-order valence-corrected chi connectivity index (χ2v) is 5.62. The average Bonchev–Trinajstić information content (AvgIpc) is 2.94. The molecule has 3 aromatic rings. The zero-order valence-electron chi connectivity index (χ0n) is 11.6. The van der Waals surface area contributed by atoms with Crippen molar-refractivity contribution in [1.29, 1.82) is 0 Å². The lowest BCUT2D eigenvalue weighted by molar-refractivity contribution is 0.0973. The Labute approximate surface area is 117 Å². The largest absolute Gasteiger partial charge is 0.275 e. The molecule has 0 N–H and O–H groups in total. The van der Waals surface area contributed by atoms with E-state index in [1.165, 1.54) is 10.9 Å². The van der Waals surface area contributed by atoms with Gasteiger partial charge >= 0.3 is 0 Å². The third-order valence-electron chi connectivity index (χ3n) is 4.11. The smallest absolute Gasteiger partial charge is 0.263 e. The summed E-state index contributed by atoms with van der Waals surface area (Å²) >= 11 is 0. The van der Waals surface area contributed by atoms with E-state index in [1.807, 2.05) is 41.0 Å². The predicted molar refractivity (Wildman–Crippen MR) is 81.2 cm³/mol. The second-order valence-electron chi connectivity index (χ2n) is 5.62. The highest BCUT2D eigenvalue weighted by atomic mass is 16.2. The van der Waals surface area contributed by atoms with E-state index in [0.29, 0.717) is 5.92 Å². The van der Waals surface area contributed by atoms with Crippen LogP contribution in [0.4, 0.5) is 0 Å². The van der Waals surface area contributed by atoms with Gasteiger partial charge in [-0.15, -0.1) is 0 Å². The van der Waals surface area contributed by atoms with Crippen LogP contribution < -0.4 is 0 Å². The van der Waals surface area contributed by atoms with Gasteiger partial charge in [-0.1, -0.05) is 50.2 Å². The van der Waals surface area contributed by atoms with Crippen molar-refractivity contribution in [2.24, 2.45) is 0 Å². The fraction of sp³-hybridized carbons (Fsp3) is 0.167. The molecule has 2 heterocycles. The molecule has 1 aliphatic heterocycles. The summed E-state index contributed by atoms with van der Waals surface area (Å²) in [6.07, 6.45) is 0. The van der Waals surface area contributed by atoms with Crippen LogP contribution in [0, 0.1) is 0 Å². The van der Waals surface area contributed by atoms with Gasteiger partial charge in [0.1, 0.15) is 0 Å². The Bertz CT molecular complexity index is 855. The monoisotopic (exact) mass is 261 g/mol. The average molecular weight is 261 g/mol. The minimum atomic E-state index is 0.0960. The summed E-state index contributed by atoms with van der Waals surface area (Å²) in [4.78, 5) is 12.7. The molecule has 20 heavy (non-hydrogen) atoms. The summed E-state index contributed by atoms with van der Waals surface area (Å²) in [6.45, 7) is 4.38. The fourth-order valence-electron chi connectivity index (χ4n) is 3.32. The van der Waals surface area contributed by atoms with E-state index in [4.69, 9.17) is 0 Å². The van der Waals surface area contributed by atoms with Crippen molar-refractivity contribution in [1.82, 2.24) is 4.57 Å². The maximum atomic E-state index is 12.7. The number of benzene rings is 2. The lowest BCUT2D eigenvalue weighted by atomic mass is 9.95. The maximum absolute atomic E-state index is 12.7. The summed E-state index contributed by atoms with van der Waals surface area (Å²) in [7, 11) is 0. The van der Waals surface area contributed by atoms with Crippen LogP contribution >= 0.6 is 0 Å². The quantitative estimate of drug-likeness (QED) is 0.496. The van der Waals surface area contributed by atoms with E-state index in [0.717, 1.165) is 22.3 Å². The number of hydrogen-bond acceptors (Lipinski definition) is 1. The van der Waals surface area contributed by atoms with Crippen LogP contribution in [-0.4, -0.2) is 10.5 Å². The molecule has 0 saturated carbocycles. The molecule has 4 rings (SSSR count). The minimum absolute atomic E-state index is 0.0960. The van der Waals surface area contributed by atoms with Gasteiger partial charge in [0, 0.05) is 16.5 Å². The van der Waals surface area contributed by atoms with E-state index < -0.39 is 0 Å². The molecule has 0 fully saturated rings. The van der Waals surface area contributed by atoms with Crippen LogP contribution in [0.3, 0.4) is 0 Å². The molecular formula is C18H15NO. The molecule has 0 amide bonds. The number of carbonyl (C=O) groups is 1. The molecule has 2 heteroatoms. The first kappa shape index (κ1) is 11.5. The van der Waals surface area contributed by atoms with E-state index in [9.17, 15) is 4.79 Å². The number of para-hydroxylation sites is 1. The predicted octanol–water partition coefficient (Wildman–Crippen LogP) is 4.43. The zero-order chi connectivity index (χ0) is 13.9. The first-order valence-corrected chi connectivity index (χ1v) is 6.97. The van der Waals surface area contributed by atoms with E-state index in [-0.39, 0.29) is 5.91 Å². The Morgan fingerprint density at radius 3 is 2.30 bits per heavy atom. The molecule has 0 atom stereocenters. The third-order valence-corrected chi connectivity index (χ3v) is 4.11. The number of hydrogen-bond donors (Lipinski definition) is 0. The van der Waals surface area contributed by atoms with Crippen molar-refractivity contribution >= 4 is 16.8 Å². The van der Waals surface area contributed by atoms with Crippen molar-refractivity contribution in [3.63, 3.8) is 0 Å². The van der Waals surface area contributed by atoms with Crippen molar-refractivity contribution in [2.45, 2.75) is 19.8 Å². The Morgan fingerprint density at radius 2 is 1.55 bits per heavy atom. The molecule has 1 aromatic heterocycles. The number of rotatable bonds is 1. The topological polar surface area (TPSA) is 22.0 Å². The van der Waals surface area contributed by atoms with Crippen molar-refractivity contribution in [2.75, 3.05) is 0 Å². The molecule has 0 bridgehead atoms. The van der Waals surface area contributed by atoms with Crippen LogP contribution in [0.2, 0.25) is 0 Å². The van der Waals surface area contributed by atoms with Crippen molar-refractivity contribution in [3.8, 4) is 11.3 Å². The summed E-state index contributed by atoms with van der Waals surface area (Å²) in [5, 5.41) is 1.19. The van der Waals surface area contributed by atoms with E-state index in [1.54, 1.807) is 0 Å². The highest BCUT2D eigenvalue weighted by Gasteiger charge is 2.32. The third kappa shape index (κ3) is 1.26. The van der Waals surface area contributed by atoms with Crippen molar-refractivity contribution < 1.29 is 4.79 Å². The Hall–Kier alpha value is -2.35. The lowest BCUT2D eigenvalue weighted by Gasteiger charge is -2.07. The summed E-state index contributed by atoms with van der Waals surface area (Å²) in [5.41, 5.74) is 5.26. The zero-order valence-corrected chi connectivity index (χ0v) is 11.6. The molecule has 0 radical (unpaired) electrons. The molecule has 1 aliphatic rings. The Morgan fingerprint density at radius 1 is 0.900 bits per heavy atom. The van der Waals surface area contributed by atoms with Gasteiger partial charge in [-0.2, -0.15) is 0 Å². The maximum Gasteiger partial charge on any atom is 0.263 e. The van der Waals surface area contributed by atoms with Crippen molar-refractivity contribution in [3.05, 3.63) is 59.7 Å². The molecule has 98 valence electrons. The summed E-state index contributed by atoms with van der Waals surface area (Å²) in [6, 6.07) is 16.1. The molecule has 0 saturated heterocycles. The molecule has 2 nitrogen and oxygen atoms in total. The van der Waals surface area contributed by atoms with E-state index in [2.05, 4.69) is 26.0 Å². The number of nitrogens with zero attached hydrogens (tertiary/aromatic N) is 1. The normalized spacial score (nSPS) is 13.1. The van der Waals surface area contributed by atoms with Crippen LogP contribution in [0.5, 0.6) is 0 Å². The van der Waals surface area contributed by atoms with Gasteiger partial charge in [-0.3, -0.25) is 9.36 Å².